The van der Waals surface area contributed by atoms with E-state index in [-0.39, 0.29) is 10.8 Å². The maximum Gasteiger partial charge on any atom is 0.168 e. The van der Waals surface area contributed by atoms with Gasteiger partial charge in [0.25, 0.3) is 0 Å². The average molecular weight is 289 g/mol. The molecule has 18 heavy (non-hydrogen) atoms. The monoisotopic (exact) mass is 288 g/mol. The zero-order valence-electron chi connectivity index (χ0n) is 10.9. The highest BCUT2D eigenvalue weighted by atomic mass is 35.5. The average Bonchev–Trinajstić information content (AvgIpc) is 2.42. The van der Waals surface area contributed by atoms with Crippen LogP contribution in [0.15, 0.2) is 11.6 Å². The third-order valence-corrected chi connectivity index (χ3v) is 8.76. The number of sulfone groups is 1. The lowest BCUT2D eigenvalue weighted by atomic mass is 9.56. The maximum atomic E-state index is 12.3. The molecule has 0 aromatic rings. The van der Waals surface area contributed by atoms with E-state index in [1.165, 1.54) is 12.0 Å². The first-order valence-corrected chi connectivity index (χ1v) is 9.08. The minimum absolute atomic E-state index is 0.0619. The van der Waals surface area contributed by atoms with Crippen LogP contribution < -0.4 is 0 Å². The molecular weight excluding hydrogens is 268 g/mol. The number of alkyl halides is 1. The van der Waals surface area contributed by atoms with Crippen LogP contribution in [0.4, 0.5) is 0 Å². The van der Waals surface area contributed by atoms with E-state index in [9.17, 15) is 8.42 Å². The molecule has 2 nitrogen and oxygen atoms in total. The molecule has 0 N–H and O–H groups in total. The Labute approximate surface area is 115 Å². The van der Waals surface area contributed by atoms with Crippen molar-refractivity contribution < 1.29 is 8.42 Å². The quantitative estimate of drug-likeness (QED) is 0.503. The molecule has 0 unspecified atom stereocenters. The summed E-state index contributed by atoms with van der Waals surface area (Å²) in [5.74, 6) is 0.319. The van der Waals surface area contributed by atoms with Crippen molar-refractivity contribution in [1.29, 1.82) is 0 Å². The SMILES string of the molecule is CC1=CC[C@]23CCCCC[C@@]2(C1)CS(=O)(=O)[C@@H]3Cl. The fourth-order valence-electron chi connectivity index (χ4n) is 4.66. The smallest absolute Gasteiger partial charge is 0.168 e. The summed E-state index contributed by atoms with van der Waals surface area (Å²) in [4.78, 5) is 0. The van der Waals surface area contributed by atoms with Gasteiger partial charge in [-0.1, -0.05) is 30.9 Å². The lowest BCUT2D eigenvalue weighted by molar-refractivity contribution is 0.0655. The molecule has 4 heteroatoms. The standard InChI is InChI=1S/C14H21ClO2S/c1-11-5-8-14-7-4-2-3-6-13(14,9-11)10-18(16,17)12(14)15/h5,12H,2-4,6-10H2,1H3/t12-,13+,14-/m0/s1. The molecule has 3 aliphatic rings. The Morgan fingerprint density at radius 1 is 1.28 bits per heavy atom. The summed E-state index contributed by atoms with van der Waals surface area (Å²) in [6.45, 7) is 2.14. The molecule has 1 aliphatic heterocycles. The van der Waals surface area contributed by atoms with Crippen LogP contribution in [0.2, 0.25) is 0 Å². The molecule has 0 aromatic heterocycles. The second kappa shape index (κ2) is 3.99. The van der Waals surface area contributed by atoms with Crippen LogP contribution in [0.5, 0.6) is 0 Å². The van der Waals surface area contributed by atoms with Crippen molar-refractivity contribution in [3.63, 3.8) is 0 Å². The van der Waals surface area contributed by atoms with Gasteiger partial charge in [-0.3, -0.25) is 0 Å². The zero-order chi connectivity index (χ0) is 13.0. The van der Waals surface area contributed by atoms with Crippen LogP contribution in [-0.4, -0.2) is 18.9 Å². The summed E-state index contributed by atoms with van der Waals surface area (Å²) in [5.41, 5.74) is 1.12. The molecular formula is C14H21ClO2S. The van der Waals surface area contributed by atoms with E-state index in [2.05, 4.69) is 13.0 Å². The van der Waals surface area contributed by atoms with Crippen LogP contribution in [-0.2, 0) is 9.84 Å². The summed E-state index contributed by atoms with van der Waals surface area (Å²) < 4.78 is 24.0. The van der Waals surface area contributed by atoms with Gasteiger partial charge in [0.2, 0.25) is 0 Å². The van der Waals surface area contributed by atoms with Crippen molar-refractivity contribution in [1.82, 2.24) is 0 Å². The third-order valence-electron chi connectivity index (χ3n) is 5.49. The van der Waals surface area contributed by atoms with E-state index in [4.69, 9.17) is 11.6 Å². The van der Waals surface area contributed by atoms with E-state index in [1.807, 2.05) is 0 Å². The molecule has 3 rings (SSSR count). The minimum atomic E-state index is -3.12. The highest BCUT2D eigenvalue weighted by Crippen LogP contribution is 2.66. The normalized spacial score (nSPS) is 46.8. The van der Waals surface area contributed by atoms with Gasteiger partial charge in [0.1, 0.15) is 4.71 Å². The molecule has 0 amide bonds. The second-order valence-electron chi connectivity index (χ2n) is 6.55. The molecule has 0 spiro atoms. The highest BCUT2D eigenvalue weighted by molar-refractivity contribution is 7.93. The van der Waals surface area contributed by atoms with Crippen molar-refractivity contribution in [2.75, 3.05) is 5.75 Å². The first kappa shape index (κ1) is 13.0. The van der Waals surface area contributed by atoms with Crippen LogP contribution in [0.1, 0.15) is 51.9 Å². The van der Waals surface area contributed by atoms with Gasteiger partial charge in [-0.05, 0) is 38.0 Å². The molecule has 2 fully saturated rings. The maximum absolute atomic E-state index is 12.3. The van der Waals surface area contributed by atoms with Gasteiger partial charge >= 0.3 is 0 Å². The first-order chi connectivity index (χ1) is 8.42. The van der Waals surface area contributed by atoms with Gasteiger partial charge in [0.15, 0.2) is 9.84 Å². The van der Waals surface area contributed by atoms with Crippen molar-refractivity contribution >= 4 is 21.4 Å². The van der Waals surface area contributed by atoms with E-state index in [0.717, 1.165) is 38.5 Å². The highest BCUT2D eigenvalue weighted by Gasteiger charge is 2.66. The Morgan fingerprint density at radius 2 is 2.00 bits per heavy atom. The molecule has 1 saturated heterocycles. The minimum Gasteiger partial charge on any atom is -0.227 e. The molecule has 1 saturated carbocycles. The molecule has 0 radical (unpaired) electrons. The topological polar surface area (TPSA) is 34.1 Å². The van der Waals surface area contributed by atoms with Crippen LogP contribution in [0.3, 0.4) is 0 Å². The van der Waals surface area contributed by atoms with Crippen molar-refractivity contribution in [2.24, 2.45) is 10.8 Å². The van der Waals surface area contributed by atoms with Gasteiger partial charge < -0.3 is 0 Å². The predicted molar refractivity (Wildman–Crippen MR) is 74.4 cm³/mol. The lowest BCUT2D eigenvalue weighted by Crippen LogP contribution is -2.44. The summed E-state index contributed by atoms with van der Waals surface area (Å²) in [6.07, 6.45) is 9.60. The lowest BCUT2D eigenvalue weighted by Gasteiger charge is -2.48. The van der Waals surface area contributed by atoms with Crippen LogP contribution in [0.25, 0.3) is 0 Å². The Kier molecular flexibility index (Phi) is 2.88. The number of rotatable bonds is 0. The summed E-state index contributed by atoms with van der Waals surface area (Å²) in [6, 6.07) is 0. The third kappa shape index (κ3) is 1.56. The number of allylic oxidation sites excluding steroid dienone is 2. The van der Waals surface area contributed by atoms with Gasteiger partial charge in [0, 0.05) is 5.41 Å². The van der Waals surface area contributed by atoms with Crippen molar-refractivity contribution in [3.8, 4) is 0 Å². The molecule has 0 bridgehead atoms. The van der Waals surface area contributed by atoms with Gasteiger partial charge in [0.05, 0.1) is 5.75 Å². The fourth-order valence-corrected chi connectivity index (χ4v) is 7.88. The number of hydrogen-bond donors (Lipinski definition) is 0. The zero-order valence-corrected chi connectivity index (χ0v) is 12.5. The Morgan fingerprint density at radius 3 is 2.78 bits per heavy atom. The van der Waals surface area contributed by atoms with E-state index in [1.54, 1.807) is 0 Å². The summed E-state index contributed by atoms with van der Waals surface area (Å²) >= 11 is 6.44. The van der Waals surface area contributed by atoms with E-state index < -0.39 is 14.5 Å². The van der Waals surface area contributed by atoms with Gasteiger partial charge in [-0.15, -0.1) is 11.6 Å². The van der Waals surface area contributed by atoms with Crippen molar-refractivity contribution in [3.05, 3.63) is 11.6 Å². The van der Waals surface area contributed by atoms with Gasteiger partial charge in [-0.2, -0.15) is 0 Å². The largest absolute Gasteiger partial charge is 0.227 e. The Hall–Kier alpha value is -0.0200. The number of hydrogen-bond acceptors (Lipinski definition) is 2. The Balaban J connectivity index is 2.16. The molecule has 2 aliphatic carbocycles. The predicted octanol–water partition coefficient (Wildman–Crippen LogP) is 3.66. The molecule has 3 atom stereocenters. The number of halogens is 1. The first-order valence-electron chi connectivity index (χ1n) is 6.93. The molecule has 0 aromatic carbocycles. The van der Waals surface area contributed by atoms with Crippen LogP contribution in [0, 0.1) is 10.8 Å². The molecule has 1 heterocycles. The fraction of sp³-hybridized carbons (Fsp3) is 0.857. The second-order valence-corrected chi connectivity index (χ2v) is 9.33. The van der Waals surface area contributed by atoms with Crippen LogP contribution >= 0.6 is 11.6 Å². The van der Waals surface area contributed by atoms with E-state index >= 15 is 0 Å². The summed E-state index contributed by atoms with van der Waals surface area (Å²) in [7, 11) is -3.12. The Bertz CT molecular complexity index is 496. The van der Waals surface area contributed by atoms with E-state index in [0.29, 0.717) is 5.75 Å². The summed E-state index contributed by atoms with van der Waals surface area (Å²) in [5, 5.41) is 0. The van der Waals surface area contributed by atoms with Gasteiger partial charge in [-0.25, -0.2) is 8.42 Å². The molecule has 102 valence electrons. The van der Waals surface area contributed by atoms with Crippen molar-refractivity contribution in [2.45, 2.75) is 56.6 Å².